The molecule has 0 bridgehead atoms. The highest BCUT2D eigenvalue weighted by Gasteiger charge is 2.24. The minimum atomic E-state index is 0.0421. The van der Waals surface area contributed by atoms with Crippen LogP contribution in [0.25, 0.3) is 5.82 Å². The molecule has 3 heterocycles. The molecule has 0 radical (unpaired) electrons. The third-order valence-electron chi connectivity index (χ3n) is 5.23. The summed E-state index contributed by atoms with van der Waals surface area (Å²) in [6.45, 7) is 1.40. The molecular formula is C22H25N5O3. The fourth-order valence-corrected chi connectivity index (χ4v) is 3.50. The summed E-state index contributed by atoms with van der Waals surface area (Å²) < 4.78 is 12.8. The fraction of sp³-hybridized carbons (Fsp3) is 0.364. The number of amides is 1. The van der Waals surface area contributed by atoms with E-state index in [1.807, 2.05) is 47.5 Å². The Hall–Kier alpha value is -3.42. The molecule has 1 aliphatic rings. The Labute approximate surface area is 175 Å². The van der Waals surface area contributed by atoms with Gasteiger partial charge in [-0.15, -0.1) is 10.2 Å². The number of carbonyl (C=O) groups is 1. The molecule has 4 rings (SSSR count). The van der Waals surface area contributed by atoms with Crippen molar-refractivity contribution in [3.05, 3.63) is 60.4 Å². The zero-order valence-corrected chi connectivity index (χ0v) is 17.0. The Morgan fingerprint density at radius 2 is 1.90 bits per heavy atom. The Bertz CT molecular complexity index is 934. The molecule has 3 aromatic rings. The van der Waals surface area contributed by atoms with Gasteiger partial charge in [-0.05, 0) is 36.2 Å². The number of aromatic nitrogens is 4. The topological polar surface area (TPSA) is 82.4 Å². The molecule has 1 saturated heterocycles. The molecule has 0 saturated carbocycles. The molecule has 1 fully saturated rings. The van der Waals surface area contributed by atoms with E-state index in [4.69, 9.17) is 9.47 Å². The van der Waals surface area contributed by atoms with E-state index in [9.17, 15) is 4.79 Å². The SMILES string of the molecule is COc1ccc(CCC(=O)N2CCC(Oc3ccc(-n4cccn4)nn3)CC2)cc1. The number of ether oxygens (including phenoxy) is 2. The van der Waals surface area contributed by atoms with Crippen molar-refractivity contribution in [3.8, 4) is 17.4 Å². The van der Waals surface area contributed by atoms with Crippen LogP contribution in [0.2, 0.25) is 0 Å². The lowest BCUT2D eigenvalue weighted by Gasteiger charge is -2.32. The van der Waals surface area contributed by atoms with Crippen molar-refractivity contribution in [2.45, 2.75) is 31.8 Å². The highest BCUT2D eigenvalue weighted by Crippen LogP contribution is 2.19. The standard InChI is InChI=1S/C22H25N5O3/c1-29-18-6-3-17(4-7-18)5-10-22(28)26-15-11-19(12-16-26)30-21-9-8-20(24-25-21)27-14-2-13-23-27/h2-4,6-9,13-14,19H,5,10-12,15-16H2,1H3. The normalized spacial score (nSPS) is 14.5. The number of hydrogen-bond donors (Lipinski definition) is 0. The molecule has 0 spiro atoms. The van der Waals surface area contributed by atoms with Gasteiger partial charge in [0.05, 0.1) is 7.11 Å². The molecule has 30 heavy (non-hydrogen) atoms. The maximum atomic E-state index is 12.5. The van der Waals surface area contributed by atoms with Crippen molar-refractivity contribution >= 4 is 5.91 Å². The Kier molecular flexibility index (Phi) is 6.22. The van der Waals surface area contributed by atoms with Gasteiger partial charge in [0.1, 0.15) is 11.9 Å². The molecule has 156 valence electrons. The number of aryl methyl sites for hydroxylation is 1. The molecule has 1 amide bonds. The van der Waals surface area contributed by atoms with Gasteiger partial charge in [0.2, 0.25) is 11.8 Å². The van der Waals surface area contributed by atoms with Crippen LogP contribution in [0, 0.1) is 0 Å². The van der Waals surface area contributed by atoms with E-state index in [0.29, 0.717) is 31.2 Å². The average molecular weight is 407 g/mol. The summed E-state index contributed by atoms with van der Waals surface area (Å²) in [7, 11) is 1.65. The van der Waals surface area contributed by atoms with Crippen LogP contribution in [0.4, 0.5) is 0 Å². The van der Waals surface area contributed by atoms with Crippen LogP contribution in [0.3, 0.4) is 0 Å². The van der Waals surface area contributed by atoms with Gasteiger partial charge in [-0.1, -0.05) is 12.1 Å². The zero-order valence-electron chi connectivity index (χ0n) is 17.0. The first-order valence-electron chi connectivity index (χ1n) is 10.1. The lowest BCUT2D eigenvalue weighted by molar-refractivity contribution is -0.132. The molecule has 0 aliphatic carbocycles. The van der Waals surface area contributed by atoms with Gasteiger partial charge in [-0.25, -0.2) is 4.68 Å². The van der Waals surface area contributed by atoms with Gasteiger partial charge in [-0.2, -0.15) is 5.10 Å². The molecule has 8 heteroatoms. The lowest BCUT2D eigenvalue weighted by atomic mass is 10.1. The van der Waals surface area contributed by atoms with Gasteiger partial charge in [0, 0.05) is 50.8 Å². The predicted molar refractivity (Wildman–Crippen MR) is 111 cm³/mol. The summed E-state index contributed by atoms with van der Waals surface area (Å²) in [4.78, 5) is 14.5. The van der Waals surface area contributed by atoms with E-state index in [0.717, 1.165) is 30.6 Å². The summed E-state index contributed by atoms with van der Waals surface area (Å²) in [5.41, 5.74) is 1.14. The number of piperidine rings is 1. The summed E-state index contributed by atoms with van der Waals surface area (Å²) in [6, 6.07) is 13.3. The van der Waals surface area contributed by atoms with Crippen molar-refractivity contribution < 1.29 is 14.3 Å². The third kappa shape index (κ3) is 4.94. The van der Waals surface area contributed by atoms with E-state index in [1.54, 1.807) is 24.1 Å². The number of hydrogen-bond acceptors (Lipinski definition) is 6. The quantitative estimate of drug-likeness (QED) is 0.599. The smallest absolute Gasteiger partial charge is 0.233 e. The molecule has 0 N–H and O–H groups in total. The molecule has 1 aromatic carbocycles. The van der Waals surface area contributed by atoms with E-state index in [2.05, 4.69) is 15.3 Å². The van der Waals surface area contributed by atoms with Gasteiger partial charge < -0.3 is 14.4 Å². The number of carbonyl (C=O) groups excluding carboxylic acids is 1. The van der Waals surface area contributed by atoms with Crippen molar-refractivity contribution in [1.29, 1.82) is 0 Å². The monoisotopic (exact) mass is 407 g/mol. The highest BCUT2D eigenvalue weighted by atomic mass is 16.5. The molecular weight excluding hydrogens is 382 g/mol. The fourth-order valence-electron chi connectivity index (χ4n) is 3.50. The van der Waals surface area contributed by atoms with Crippen LogP contribution in [0.5, 0.6) is 11.6 Å². The molecule has 0 atom stereocenters. The summed E-state index contributed by atoms with van der Waals surface area (Å²) in [6.07, 6.45) is 6.37. The van der Waals surface area contributed by atoms with Crippen LogP contribution in [0.1, 0.15) is 24.8 Å². The lowest BCUT2D eigenvalue weighted by Crippen LogP contribution is -2.42. The average Bonchev–Trinajstić information content (AvgIpc) is 3.34. The number of methoxy groups -OCH3 is 1. The van der Waals surface area contributed by atoms with Crippen molar-refractivity contribution in [2.24, 2.45) is 0 Å². The second-order valence-corrected chi connectivity index (χ2v) is 7.23. The first-order valence-corrected chi connectivity index (χ1v) is 10.1. The predicted octanol–water partition coefficient (Wildman–Crippen LogP) is 2.67. The number of nitrogens with zero attached hydrogens (tertiary/aromatic N) is 5. The number of benzene rings is 1. The molecule has 1 aliphatic heterocycles. The van der Waals surface area contributed by atoms with Crippen LogP contribution >= 0.6 is 0 Å². The molecule has 0 unspecified atom stereocenters. The number of rotatable bonds is 7. The molecule has 2 aromatic heterocycles. The minimum absolute atomic E-state index is 0.0421. The Morgan fingerprint density at radius 3 is 2.53 bits per heavy atom. The zero-order chi connectivity index (χ0) is 20.8. The molecule has 8 nitrogen and oxygen atoms in total. The van der Waals surface area contributed by atoms with Crippen LogP contribution in [-0.4, -0.2) is 57.1 Å². The van der Waals surface area contributed by atoms with E-state index >= 15 is 0 Å². The van der Waals surface area contributed by atoms with Crippen molar-refractivity contribution in [3.63, 3.8) is 0 Å². The van der Waals surface area contributed by atoms with Gasteiger partial charge >= 0.3 is 0 Å². The van der Waals surface area contributed by atoms with Crippen molar-refractivity contribution in [2.75, 3.05) is 20.2 Å². The Balaban J connectivity index is 1.21. The van der Waals surface area contributed by atoms with Gasteiger partial charge in [0.25, 0.3) is 0 Å². The number of likely N-dealkylation sites (tertiary alicyclic amines) is 1. The van der Waals surface area contributed by atoms with Gasteiger partial charge in [-0.3, -0.25) is 4.79 Å². The van der Waals surface area contributed by atoms with E-state index in [-0.39, 0.29) is 12.0 Å². The third-order valence-corrected chi connectivity index (χ3v) is 5.23. The van der Waals surface area contributed by atoms with Gasteiger partial charge in [0.15, 0.2) is 5.82 Å². The van der Waals surface area contributed by atoms with Crippen LogP contribution in [-0.2, 0) is 11.2 Å². The first kappa shape index (κ1) is 19.9. The van der Waals surface area contributed by atoms with E-state index < -0.39 is 0 Å². The Morgan fingerprint density at radius 1 is 1.10 bits per heavy atom. The van der Waals surface area contributed by atoms with Crippen LogP contribution < -0.4 is 9.47 Å². The highest BCUT2D eigenvalue weighted by molar-refractivity contribution is 5.76. The second kappa shape index (κ2) is 9.39. The van der Waals surface area contributed by atoms with E-state index in [1.165, 1.54) is 0 Å². The minimum Gasteiger partial charge on any atom is -0.497 e. The summed E-state index contributed by atoms with van der Waals surface area (Å²) >= 11 is 0. The van der Waals surface area contributed by atoms with Crippen LogP contribution in [0.15, 0.2) is 54.9 Å². The summed E-state index contributed by atoms with van der Waals surface area (Å²) in [5, 5.41) is 12.4. The maximum absolute atomic E-state index is 12.5. The summed E-state index contributed by atoms with van der Waals surface area (Å²) in [5.74, 6) is 2.15. The largest absolute Gasteiger partial charge is 0.497 e. The maximum Gasteiger partial charge on any atom is 0.233 e. The first-order chi connectivity index (χ1) is 14.7. The second-order valence-electron chi connectivity index (χ2n) is 7.23. The van der Waals surface area contributed by atoms with Crippen molar-refractivity contribution in [1.82, 2.24) is 24.9 Å².